The summed E-state index contributed by atoms with van der Waals surface area (Å²) in [5, 5.41) is 1.23. The Labute approximate surface area is 273 Å². The van der Waals surface area contributed by atoms with Crippen molar-refractivity contribution in [3.8, 4) is 34.2 Å². The highest BCUT2D eigenvalue weighted by molar-refractivity contribution is 6.10. The van der Waals surface area contributed by atoms with Crippen LogP contribution in [0.5, 0.6) is 0 Å². The molecule has 206 valence electrons. The first-order valence-electron chi connectivity index (χ1n) is 20.6. The first-order valence-corrected chi connectivity index (χ1v) is 13.6. The molecule has 9 rings (SSSR count). The molecule has 0 aliphatic heterocycles. The summed E-state index contributed by atoms with van der Waals surface area (Å²) in [7, 11) is 0. The Balaban J connectivity index is 1.50. The van der Waals surface area contributed by atoms with Crippen LogP contribution >= 0.6 is 0 Å². The number of rotatable bonds is 4. The van der Waals surface area contributed by atoms with Gasteiger partial charge in [-0.25, -0.2) is 9.97 Å². The average molecular weight is 578 g/mol. The third-order valence-electron chi connectivity index (χ3n) is 7.50. The van der Waals surface area contributed by atoms with Gasteiger partial charge in [-0.15, -0.1) is 0 Å². The third-order valence-corrected chi connectivity index (χ3v) is 7.50. The molecule has 44 heavy (non-hydrogen) atoms. The number of fused-ring (bicyclic) bond motifs is 6. The summed E-state index contributed by atoms with van der Waals surface area (Å²) in [6.45, 7) is 0. The van der Waals surface area contributed by atoms with Gasteiger partial charge in [0.05, 0.1) is 58.3 Å². The first-order chi connectivity index (χ1) is 27.7. The summed E-state index contributed by atoms with van der Waals surface area (Å²) in [4.78, 5) is 13.8. The van der Waals surface area contributed by atoms with E-state index >= 15 is 0 Å². The summed E-state index contributed by atoms with van der Waals surface area (Å²) in [6.07, 6.45) is 3.37. The molecule has 5 aromatic carbocycles. The fourth-order valence-corrected chi connectivity index (χ4v) is 5.67. The van der Waals surface area contributed by atoms with Gasteiger partial charge in [0.1, 0.15) is 0 Å². The average Bonchev–Trinajstić information content (AvgIpc) is 3.77. The maximum atomic E-state index is 9.65. The Hall–Kier alpha value is -6.07. The van der Waals surface area contributed by atoms with Gasteiger partial charge in [0, 0.05) is 45.1 Å². The van der Waals surface area contributed by atoms with Gasteiger partial charge in [-0.1, -0.05) is 103 Å². The van der Waals surface area contributed by atoms with Crippen LogP contribution in [0.1, 0.15) is 19.2 Å². The molecule has 0 unspecified atom stereocenters. The lowest BCUT2D eigenvalue weighted by Gasteiger charge is -2.16. The lowest BCUT2D eigenvalue weighted by atomic mass is 10.1. The van der Waals surface area contributed by atoms with Gasteiger partial charge >= 0.3 is 0 Å². The van der Waals surface area contributed by atoms with Crippen molar-refractivity contribution in [2.24, 2.45) is 0 Å². The lowest BCUT2D eigenvalue weighted by Crippen LogP contribution is -2.05. The Morgan fingerprint density at radius 1 is 0.523 bits per heavy atom. The van der Waals surface area contributed by atoms with E-state index < -0.39 is 102 Å². The van der Waals surface area contributed by atoms with Crippen molar-refractivity contribution < 1.29 is 19.2 Å². The smallest absolute Gasteiger partial charge is 0.235 e. The fourth-order valence-electron chi connectivity index (χ4n) is 5.67. The van der Waals surface area contributed by atoms with E-state index in [1.807, 2.05) is 34.9 Å². The maximum absolute atomic E-state index is 9.65. The van der Waals surface area contributed by atoms with Crippen LogP contribution in [0, 0.1) is 0 Å². The largest absolute Gasteiger partial charge is 0.308 e. The van der Waals surface area contributed by atoms with Gasteiger partial charge in [0.15, 0.2) is 0 Å². The number of benzene rings is 5. The molecule has 4 aromatic heterocycles. The zero-order valence-corrected chi connectivity index (χ0v) is 22.6. The number of nitrogens with zero attached hydrogens (tertiary/aromatic N) is 5. The molecule has 0 saturated heterocycles. The van der Waals surface area contributed by atoms with Crippen LogP contribution in [0.2, 0.25) is 0 Å². The van der Waals surface area contributed by atoms with E-state index in [1.54, 1.807) is 36.7 Å². The number of hydrogen-bond acceptors (Lipinski definition) is 3. The molecule has 0 aliphatic rings. The Kier molecular flexibility index (Phi) is 3.19. The summed E-state index contributed by atoms with van der Waals surface area (Å²) < 4.78 is 126. The molecule has 0 saturated carbocycles. The Morgan fingerprint density at radius 2 is 1.18 bits per heavy atom. The second kappa shape index (κ2) is 9.75. The fraction of sp³-hybridized carbons (Fsp3) is 0. The second-order valence-corrected chi connectivity index (χ2v) is 9.89. The second-order valence-electron chi connectivity index (χ2n) is 9.89. The normalized spacial score (nSPS) is 16.1. The number of para-hydroxylation sites is 4. The summed E-state index contributed by atoms with van der Waals surface area (Å²) >= 11 is 0. The van der Waals surface area contributed by atoms with Crippen molar-refractivity contribution >= 4 is 43.6 Å². The molecular formula is C39H25N5. The van der Waals surface area contributed by atoms with Crippen molar-refractivity contribution in [1.29, 1.82) is 0 Å². The minimum absolute atomic E-state index is 0.126. The van der Waals surface area contributed by atoms with Gasteiger partial charge in [-0.3, -0.25) is 9.55 Å². The molecule has 0 spiro atoms. The van der Waals surface area contributed by atoms with Crippen molar-refractivity contribution in [1.82, 2.24) is 24.1 Å². The van der Waals surface area contributed by atoms with Gasteiger partial charge in [-0.2, -0.15) is 0 Å². The molecule has 4 heterocycles. The van der Waals surface area contributed by atoms with Crippen LogP contribution in [0.25, 0.3) is 77.8 Å². The van der Waals surface area contributed by atoms with Gasteiger partial charge < -0.3 is 4.57 Å². The SMILES string of the molecule is [2H]c1c(-c2ccccc2-n2c3ccccc3c3cnccc32)nc(-n2c3c([2H])c([2H])c([2H])c([2H])c3c3c([2H])c([2H])c([2H])c([2H])c32)nc1-c1c([2H])c([2H])c([2H])c([2H])c1[2H]. The van der Waals surface area contributed by atoms with Crippen molar-refractivity contribution in [3.05, 3.63) is 152 Å². The topological polar surface area (TPSA) is 48.5 Å². The van der Waals surface area contributed by atoms with Crippen molar-refractivity contribution in [3.63, 3.8) is 0 Å². The summed E-state index contributed by atoms with van der Waals surface area (Å²) in [5.41, 5.74) is 0.743. The van der Waals surface area contributed by atoms with E-state index in [9.17, 15) is 1.37 Å². The molecule has 0 fully saturated rings. The number of hydrogen-bond donors (Lipinski definition) is 0. The van der Waals surface area contributed by atoms with E-state index in [4.69, 9.17) is 22.8 Å². The molecule has 5 nitrogen and oxygen atoms in total. The zero-order valence-electron chi connectivity index (χ0n) is 36.6. The third kappa shape index (κ3) is 3.69. The molecule has 0 aliphatic carbocycles. The van der Waals surface area contributed by atoms with Crippen LogP contribution in [0.15, 0.2) is 152 Å². The highest BCUT2D eigenvalue weighted by Gasteiger charge is 2.20. The lowest BCUT2D eigenvalue weighted by molar-refractivity contribution is 0.994. The van der Waals surface area contributed by atoms with Crippen molar-refractivity contribution in [2.45, 2.75) is 0 Å². The van der Waals surface area contributed by atoms with Crippen molar-refractivity contribution in [2.75, 3.05) is 0 Å². The van der Waals surface area contributed by atoms with Crippen LogP contribution < -0.4 is 0 Å². The molecule has 0 amide bonds. The number of pyridine rings is 1. The monoisotopic (exact) mass is 577 g/mol. The maximum Gasteiger partial charge on any atom is 0.235 e. The van der Waals surface area contributed by atoms with E-state index in [-0.39, 0.29) is 27.5 Å². The molecule has 5 heteroatoms. The van der Waals surface area contributed by atoms with E-state index in [1.165, 1.54) is 0 Å². The summed E-state index contributed by atoms with van der Waals surface area (Å²) in [5.74, 6) is -0.455. The van der Waals surface area contributed by atoms with Gasteiger partial charge in [0.2, 0.25) is 5.95 Å². The first kappa shape index (κ1) is 14.4. The highest BCUT2D eigenvalue weighted by atomic mass is 15.2. The highest BCUT2D eigenvalue weighted by Crippen LogP contribution is 2.37. The Morgan fingerprint density at radius 3 is 2.00 bits per heavy atom. The Bertz CT molecular complexity index is 3140. The minimum atomic E-state index is -0.698. The van der Waals surface area contributed by atoms with E-state index in [0.29, 0.717) is 11.3 Å². The quantitative estimate of drug-likeness (QED) is 0.209. The molecule has 0 bridgehead atoms. The molecule has 0 radical (unpaired) electrons. The van der Waals surface area contributed by atoms with Gasteiger partial charge in [-0.05, 0) is 36.3 Å². The van der Waals surface area contributed by atoms with Crippen LogP contribution in [0.4, 0.5) is 0 Å². The molecule has 0 N–H and O–H groups in total. The zero-order chi connectivity index (χ0) is 41.2. The standard InChI is InChI=1S/C39H25N5/c1-2-12-26(13-3-1)32-24-33(42-39(41-32)44-35-19-9-4-14-27(35)28-15-5-10-20-36(28)44)30-17-7-11-21-37(30)43-34-18-8-6-16-29(34)31-25-40-23-22-38(31)43/h1-25H/i1D,2D,3D,4D,5D,9D,10D,12D,13D,14D,15D,19D,20D,24D. The van der Waals surface area contributed by atoms with Crippen LogP contribution in [-0.2, 0) is 0 Å². The molecule has 9 aromatic rings. The number of aromatic nitrogens is 5. The van der Waals surface area contributed by atoms with E-state index in [2.05, 4.69) is 9.97 Å². The predicted octanol–water partition coefficient (Wildman–Crippen LogP) is 9.40. The van der Waals surface area contributed by atoms with Gasteiger partial charge in [0.25, 0.3) is 0 Å². The predicted molar refractivity (Wildman–Crippen MR) is 179 cm³/mol. The minimum Gasteiger partial charge on any atom is -0.308 e. The van der Waals surface area contributed by atoms with E-state index in [0.717, 1.165) is 26.4 Å². The van der Waals surface area contributed by atoms with Crippen LogP contribution in [-0.4, -0.2) is 24.1 Å². The molecular weight excluding hydrogens is 538 g/mol. The van der Waals surface area contributed by atoms with Crippen LogP contribution in [0.3, 0.4) is 0 Å². The summed E-state index contributed by atoms with van der Waals surface area (Å²) in [6, 6.07) is 7.46. The molecule has 0 atom stereocenters.